The molecular formula is C10H15N3O5. The Kier molecular flexibility index (Phi) is 3.62. The van der Waals surface area contributed by atoms with Crippen molar-refractivity contribution in [1.82, 2.24) is 9.55 Å². The second-order valence-electron chi connectivity index (χ2n) is 4.10. The number of aliphatic hydroxyl groups excluding tert-OH is 3. The lowest BCUT2D eigenvalue weighted by Gasteiger charge is -2.16. The summed E-state index contributed by atoms with van der Waals surface area (Å²) in [5.74, 6) is 0.0659. The van der Waals surface area contributed by atoms with Crippen LogP contribution in [0.3, 0.4) is 0 Å². The van der Waals surface area contributed by atoms with E-state index in [2.05, 4.69) is 4.98 Å². The Labute approximate surface area is 102 Å². The zero-order chi connectivity index (χ0) is 13.3. The maximum Gasteiger partial charge on any atom is 0.351 e. The van der Waals surface area contributed by atoms with E-state index in [1.807, 2.05) is 0 Å². The molecule has 2 heterocycles. The number of nitrogen functional groups attached to an aromatic ring is 1. The number of ether oxygens (including phenoxy) is 1. The molecule has 0 amide bonds. The van der Waals surface area contributed by atoms with E-state index in [1.165, 1.54) is 12.3 Å². The molecule has 1 fully saturated rings. The molecule has 8 heteroatoms. The molecule has 0 spiro atoms. The smallest absolute Gasteiger partial charge is 0.351 e. The van der Waals surface area contributed by atoms with Gasteiger partial charge in [0.15, 0.2) is 6.23 Å². The second-order valence-corrected chi connectivity index (χ2v) is 4.10. The lowest BCUT2D eigenvalue weighted by atomic mass is 10.1. The van der Waals surface area contributed by atoms with E-state index in [0.717, 1.165) is 4.57 Å². The molecule has 1 saturated heterocycles. The summed E-state index contributed by atoms with van der Waals surface area (Å²) in [6, 6.07) is 1.39. The van der Waals surface area contributed by atoms with Crippen LogP contribution >= 0.6 is 0 Å². The van der Waals surface area contributed by atoms with Crippen LogP contribution < -0.4 is 11.4 Å². The Morgan fingerprint density at radius 3 is 2.78 bits per heavy atom. The first-order chi connectivity index (χ1) is 8.54. The van der Waals surface area contributed by atoms with Crippen LogP contribution in [0.25, 0.3) is 0 Å². The van der Waals surface area contributed by atoms with Gasteiger partial charge >= 0.3 is 5.69 Å². The molecule has 1 aromatic rings. The maximum atomic E-state index is 11.6. The monoisotopic (exact) mass is 257 g/mol. The minimum atomic E-state index is -1.26. The normalized spacial score (nSPS) is 31.7. The summed E-state index contributed by atoms with van der Waals surface area (Å²) < 4.78 is 6.41. The number of hydrogen-bond acceptors (Lipinski definition) is 7. The van der Waals surface area contributed by atoms with Crippen molar-refractivity contribution in [2.24, 2.45) is 0 Å². The van der Waals surface area contributed by atoms with Crippen molar-refractivity contribution in [1.29, 1.82) is 0 Å². The Morgan fingerprint density at radius 2 is 2.17 bits per heavy atom. The zero-order valence-corrected chi connectivity index (χ0v) is 9.51. The van der Waals surface area contributed by atoms with Crippen molar-refractivity contribution < 1.29 is 20.1 Å². The molecule has 2 rings (SSSR count). The Morgan fingerprint density at radius 1 is 1.44 bits per heavy atom. The molecule has 1 aliphatic heterocycles. The van der Waals surface area contributed by atoms with Gasteiger partial charge in [-0.05, 0) is 12.5 Å². The second kappa shape index (κ2) is 5.02. The van der Waals surface area contributed by atoms with E-state index in [9.17, 15) is 15.0 Å². The fourth-order valence-corrected chi connectivity index (χ4v) is 1.94. The van der Waals surface area contributed by atoms with Crippen molar-refractivity contribution in [3.05, 3.63) is 22.7 Å². The predicted octanol–water partition coefficient (Wildman–Crippen LogP) is -2.17. The fourth-order valence-electron chi connectivity index (χ4n) is 1.94. The van der Waals surface area contributed by atoms with Gasteiger partial charge in [0, 0.05) is 12.8 Å². The van der Waals surface area contributed by atoms with Gasteiger partial charge in [-0.1, -0.05) is 0 Å². The van der Waals surface area contributed by atoms with Crippen LogP contribution in [0.5, 0.6) is 0 Å². The van der Waals surface area contributed by atoms with Gasteiger partial charge in [0.25, 0.3) is 0 Å². The van der Waals surface area contributed by atoms with Crippen molar-refractivity contribution >= 4 is 5.82 Å². The Balaban J connectivity index is 2.26. The molecule has 0 saturated carbocycles. The van der Waals surface area contributed by atoms with Crippen molar-refractivity contribution in [2.75, 3.05) is 12.3 Å². The van der Waals surface area contributed by atoms with E-state index in [4.69, 9.17) is 15.6 Å². The SMILES string of the molecule is Nc1ccn([C@@H]2OC(CCO)[C@@H](O)[C@@H]2O)c(=O)n1. The molecule has 1 aromatic heterocycles. The molecule has 0 aromatic carbocycles. The summed E-state index contributed by atoms with van der Waals surface area (Å²) in [4.78, 5) is 15.1. The first-order valence-electron chi connectivity index (χ1n) is 5.51. The van der Waals surface area contributed by atoms with Crippen LogP contribution in [0.1, 0.15) is 12.6 Å². The minimum Gasteiger partial charge on any atom is -0.396 e. The third kappa shape index (κ3) is 2.23. The standard InChI is InChI=1S/C10H15N3O5/c11-6-1-3-13(10(17)12-6)9-8(16)7(15)5(18-9)2-4-14/h1,3,5,7-9,14-16H,2,4H2,(H2,11,12,17)/t5?,7-,8+,9-/m1/s1. The van der Waals surface area contributed by atoms with Crippen LogP contribution in [0.4, 0.5) is 5.82 Å². The first kappa shape index (κ1) is 13.0. The lowest BCUT2D eigenvalue weighted by molar-refractivity contribution is -0.0450. The molecule has 1 aliphatic rings. The Bertz CT molecular complexity index is 477. The van der Waals surface area contributed by atoms with Crippen molar-refractivity contribution in [3.8, 4) is 0 Å². The van der Waals surface area contributed by atoms with Crippen LogP contribution in [0.2, 0.25) is 0 Å². The quantitative estimate of drug-likeness (QED) is 0.484. The molecule has 1 unspecified atom stereocenters. The largest absolute Gasteiger partial charge is 0.396 e. The fraction of sp³-hybridized carbons (Fsp3) is 0.600. The molecule has 4 atom stereocenters. The highest BCUT2D eigenvalue weighted by atomic mass is 16.6. The number of aliphatic hydroxyl groups is 3. The Hall–Kier alpha value is -1.48. The van der Waals surface area contributed by atoms with E-state index in [1.54, 1.807) is 0 Å². The molecule has 0 bridgehead atoms. The highest BCUT2D eigenvalue weighted by Crippen LogP contribution is 2.29. The van der Waals surface area contributed by atoms with Crippen LogP contribution in [0, 0.1) is 0 Å². The minimum absolute atomic E-state index is 0.0659. The van der Waals surface area contributed by atoms with Crippen molar-refractivity contribution in [2.45, 2.75) is 31.0 Å². The summed E-state index contributed by atoms with van der Waals surface area (Å²) in [7, 11) is 0. The topological polar surface area (TPSA) is 131 Å². The van der Waals surface area contributed by atoms with E-state index < -0.39 is 30.2 Å². The predicted molar refractivity (Wildman–Crippen MR) is 60.5 cm³/mol. The summed E-state index contributed by atoms with van der Waals surface area (Å²) in [5.41, 5.74) is 4.68. The first-order valence-corrected chi connectivity index (χ1v) is 5.51. The van der Waals surface area contributed by atoms with E-state index in [0.29, 0.717) is 0 Å². The number of nitrogens with two attached hydrogens (primary N) is 1. The number of hydrogen-bond donors (Lipinski definition) is 4. The van der Waals surface area contributed by atoms with E-state index in [-0.39, 0.29) is 18.8 Å². The molecule has 18 heavy (non-hydrogen) atoms. The van der Waals surface area contributed by atoms with Gasteiger partial charge in [0.2, 0.25) is 0 Å². The third-order valence-corrected chi connectivity index (χ3v) is 2.88. The summed E-state index contributed by atoms with van der Waals surface area (Å²) in [6.07, 6.45) is -2.66. The van der Waals surface area contributed by atoms with Crippen LogP contribution in [0.15, 0.2) is 17.1 Å². The summed E-state index contributed by atoms with van der Waals surface area (Å²) >= 11 is 0. The van der Waals surface area contributed by atoms with Gasteiger partial charge in [0.05, 0.1) is 6.10 Å². The van der Waals surface area contributed by atoms with Crippen LogP contribution in [-0.4, -0.2) is 49.8 Å². The van der Waals surface area contributed by atoms with Crippen LogP contribution in [-0.2, 0) is 4.74 Å². The van der Waals surface area contributed by atoms with Crippen molar-refractivity contribution in [3.63, 3.8) is 0 Å². The number of rotatable bonds is 3. The maximum absolute atomic E-state index is 11.6. The van der Waals surface area contributed by atoms with E-state index >= 15 is 0 Å². The molecule has 0 radical (unpaired) electrons. The number of nitrogens with zero attached hydrogens (tertiary/aromatic N) is 2. The van der Waals surface area contributed by atoms with Gasteiger partial charge in [-0.2, -0.15) is 4.98 Å². The molecule has 8 nitrogen and oxygen atoms in total. The highest BCUT2D eigenvalue weighted by molar-refractivity contribution is 5.23. The number of aromatic nitrogens is 2. The molecule has 0 aliphatic carbocycles. The van der Waals surface area contributed by atoms with Gasteiger partial charge in [-0.15, -0.1) is 0 Å². The molecular weight excluding hydrogens is 242 g/mol. The van der Waals surface area contributed by atoms with Gasteiger partial charge in [0.1, 0.15) is 18.0 Å². The molecule has 100 valence electrons. The average molecular weight is 257 g/mol. The van der Waals surface area contributed by atoms with Gasteiger partial charge in [-0.25, -0.2) is 4.79 Å². The summed E-state index contributed by atoms with van der Waals surface area (Å²) in [6.45, 7) is -0.184. The van der Waals surface area contributed by atoms with Gasteiger partial charge in [-0.3, -0.25) is 4.57 Å². The lowest BCUT2D eigenvalue weighted by Crippen LogP contribution is -2.35. The average Bonchev–Trinajstić information content (AvgIpc) is 2.58. The zero-order valence-electron chi connectivity index (χ0n) is 9.51. The van der Waals surface area contributed by atoms with Gasteiger partial charge < -0.3 is 25.8 Å². The third-order valence-electron chi connectivity index (χ3n) is 2.88. The highest BCUT2D eigenvalue weighted by Gasteiger charge is 2.43. The summed E-state index contributed by atoms with van der Waals surface area (Å²) in [5, 5.41) is 28.4. The number of anilines is 1. The molecule has 5 N–H and O–H groups in total.